The number of fused-ring (bicyclic) bond motifs is 1. The van der Waals surface area contributed by atoms with Crippen molar-refractivity contribution in [3.63, 3.8) is 0 Å². The van der Waals surface area contributed by atoms with Gasteiger partial charge in [-0.25, -0.2) is 13.4 Å². The minimum atomic E-state index is -3.22. The first-order valence-corrected chi connectivity index (χ1v) is 10.2. The molecule has 0 amide bonds. The number of rotatable bonds is 3. The summed E-state index contributed by atoms with van der Waals surface area (Å²) in [4.78, 5) is 5.11. The molecule has 0 radical (unpaired) electrons. The molecule has 0 aliphatic heterocycles. The number of aryl methyl sites for hydroxylation is 1. The lowest BCUT2D eigenvalue weighted by atomic mass is 10.1. The number of aromatic nitrogens is 2. The van der Waals surface area contributed by atoms with E-state index in [9.17, 15) is 8.42 Å². The minimum absolute atomic E-state index is 0.308. The summed E-state index contributed by atoms with van der Waals surface area (Å²) in [5.74, 6) is 0.832. The van der Waals surface area contributed by atoms with Crippen LogP contribution in [-0.4, -0.2) is 24.2 Å². The van der Waals surface area contributed by atoms with E-state index in [4.69, 9.17) is 4.98 Å². The number of hydrogen-bond acceptors (Lipinski definition) is 3. The lowest BCUT2D eigenvalue weighted by molar-refractivity contribution is 0.602. The third-order valence-corrected chi connectivity index (χ3v) is 5.52. The number of sulfone groups is 1. The van der Waals surface area contributed by atoms with Gasteiger partial charge in [-0.1, -0.05) is 42.0 Å². The van der Waals surface area contributed by atoms with Gasteiger partial charge in [0.1, 0.15) is 5.82 Å². The monoisotopic (exact) mass is 362 g/mol. The molecule has 0 N–H and O–H groups in total. The zero-order chi connectivity index (χ0) is 18.3. The van der Waals surface area contributed by atoms with Crippen LogP contribution in [0.2, 0.25) is 0 Å². The zero-order valence-electron chi connectivity index (χ0n) is 14.5. The summed E-state index contributed by atoms with van der Waals surface area (Å²) < 4.78 is 25.6. The fourth-order valence-corrected chi connectivity index (χ4v) is 3.66. The zero-order valence-corrected chi connectivity index (χ0v) is 15.4. The van der Waals surface area contributed by atoms with Crippen LogP contribution in [0.1, 0.15) is 5.56 Å². The Morgan fingerprint density at radius 1 is 0.846 bits per heavy atom. The fraction of sp³-hybridized carbons (Fsp3) is 0.0952. The van der Waals surface area contributed by atoms with Gasteiger partial charge < -0.3 is 0 Å². The molecule has 0 bridgehead atoms. The number of para-hydroxylation sites is 2. The van der Waals surface area contributed by atoms with Crippen LogP contribution in [0, 0.1) is 6.92 Å². The Hall–Kier alpha value is -2.92. The van der Waals surface area contributed by atoms with Gasteiger partial charge in [0.05, 0.1) is 15.9 Å². The SMILES string of the molecule is Cc1ccc(-c2nc3ccccc3n2-c2ccc(S(C)(=O)=O)cc2)cc1. The van der Waals surface area contributed by atoms with Crippen LogP contribution in [0.4, 0.5) is 0 Å². The lowest BCUT2D eigenvalue weighted by Gasteiger charge is -2.10. The van der Waals surface area contributed by atoms with Gasteiger partial charge in [-0.2, -0.15) is 0 Å². The van der Waals surface area contributed by atoms with Crippen LogP contribution in [0.25, 0.3) is 28.1 Å². The highest BCUT2D eigenvalue weighted by Crippen LogP contribution is 2.29. The smallest absolute Gasteiger partial charge is 0.175 e. The molecule has 1 aromatic heterocycles. The standard InChI is InChI=1S/C21H18N2O2S/c1-15-7-9-16(10-8-15)21-22-19-5-3-4-6-20(19)23(21)17-11-13-18(14-12-17)26(2,24)25/h3-14H,1-2H3. The van der Waals surface area contributed by atoms with Crippen LogP contribution in [0.5, 0.6) is 0 Å². The van der Waals surface area contributed by atoms with Crippen LogP contribution < -0.4 is 0 Å². The molecule has 130 valence electrons. The van der Waals surface area contributed by atoms with Crippen LogP contribution in [-0.2, 0) is 9.84 Å². The van der Waals surface area contributed by atoms with E-state index < -0.39 is 9.84 Å². The number of hydrogen-bond donors (Lipinski definition) is 0. The van der Waals surface area contributed by atoms with Crippen molar-refractivity contribution in [1.82, 2.24) is 9.55 Å². The molecule has 5 heteroatoms. The second-order valence-corrected chi connectivity index (χ2v) is 8.41. The molecule has 0 fully saturated rings. The quantitative estimate of drug-likeness (QED) is 0.543. The topological polar surface area (TPSA) is 52.0 Å². The van der Waals surface area contributed by atoms with Crippen molar-refractivity contribution in [1.29, 1.82) is 0 Å². The first kappa shape index (κ1) is 16.5. The number of benzene rings is 3. The van der Waals surface area contributed by atoms with Crippen molar-refractivity contribution in [3.8, 4) is 17.1 Å². The molecule has 4 nitrogen and oxygen atoms in total. The molecule has 0 aliphatic rings. The molecule has 0 aliphatic carbocycles. The Balaban J connectivity index is 1.96. The van der Waals surface area contributed by atoms with Gasteiger partial charge in [0.15, 0.2) is 9.84 Å². The molecule has 0 spiro atoms. The Morgan fingerprint density at radius 2 is 1.50 bits per heavy atom. The van der Waals surface area contributed by atoms with Crippen molar-refractivity contribution < 1.29 is 8.42 Å². The van der Waals surface area contributed by atoms with Crippen molar-refractivity contribution in [2.45, 2.75) is 11.8 Å². The van der Waals surface area contributed by atoms with Gasteiger partial charge in [-0.15, -0.1) is 0 Å². The van der Waals surface area contributed by atoms with Crippen molar-refractivity contribution in [3.05, 3.63) is 78.4 Å². The second kappa shape index (κ2) is 6.11. The Labute approximate surface area is 152 Å². The molecular formula is C21H18N2O2S. The molecule has 4 aromatic rings. The normalized spacial score (nSPS) is 11.8. The molecule has 0 unspecified atom stereocenters. The van der Waals surface area contributed by atoms with E-state index in [1.54, 1.807) is 12.1 Å². The van der Waals surface area contributed by atoms with E-state index in [1.807, 2.05) is 36.4 Å². The van der Waals surface area contributed by atoms with Crippen LogP contribution in [0.15, 0.2) is 77.7 Å². The molecule has 26 heavy (non-hydrogen) atoms. The third-order valence-electron chi connectivity index (χ3n) is 4.39. The van der Waals surface area contributed by atoms with E-state index in [-0.39, 0.29) is 0 Å². The van der Waals surface area contributed by atoms with Crippen molar-refractivity contribution in [2.24, 2.45) is 0 Å². The summed E-state index contributed by atoms with van der Waals surface area (Å²) in [5.41, 5.74) is 4.96. The molecule has 1 heterocycles. The highest BCUT2D eigenvalue weighted by molar-refractivity contribution is 7.90. The summed E-state index contributed by atoms with van der Waals surface area (Å²) in [6.45, 7) is 2.05. The van der Waals surface area contributed by atoms with Crippen LogP contribution >= 0.6 is 0 Å². The third kappa shape index (κ3) is 2.91. The number of nitrogens with zero attached hydrogens (tertiary/aromatic N) is 2. The minimum Gasteiger partial charge on any atom is -0.292 e. The van der Waals surface area contributed by atoms with E-state index in [2.05, 4.69) is 35.8 Å². The largest absolute Gasteiger partial charge is 0.292 e. The average Bonchev–Trinajstić information content (AvgIpc) is 3.01. The first-order chi connectivity index (χ1) is 12.4. The molecule has 0 saturated heterocycles. The van der Waals surface area contributed by atoms with E-state index in [0.717, 1.165) is 28.1 Å². The molecule has 0 atom stereocenters. The fourth-order valence-electron chi connectivity index (χ4n) is 3.03. The van der Waals surface area contributed by atoms with Crippen LogP contribution in [0.3, 0.4) is 0 Å². The molecule has 3 aromatic carbocycles. The van der Waals surface area contributed by atoms with Gasteiger partial charge in [0.25, 0.3) is 0 Å². The maximum absolute atomic E-state index is 11.7. The molecular weight excluding hydrogens is 344 g/mol. The lowest BCUT2D eigenvalue weighted by Crippen LogP contribution is -2.00. The number of imidazole rings is 1. The Bertz CT molecular complexity index is 1190. The summed E-state index contributed by atoms with van der Waals surface area (Å²) in [5, 5.41) is 0. The maximum atomic E-state index is 11.7. The summed E-state index contributed by atoms with van der Waals surface area (Å²) in [6.07, 6.45) is 1.21. The summed E-state index contributed by atoms with van der Waals surface area (Å²) in [7, 11) is -3.22. The van der Waals surface area contributed by atoms with Crippen molar-refractivity contribution >= 4 is 20.9 Å². The van der Waals surface area contributed by atoms with Gasteiger partial charge >= 0.3 is 0 Å². The predicted molar refractivity (Wildman–Crippen MR) is 104 cm³/mol. The highest BCUT2D eigenvalue weighted by Gasteiger charge is 2.15. The van der Waals surface area contributed by atoms with Gasteiger partial charge in [-0.3, -0.25) is 4.57 Å². The van der Waals surface area contributed by atoms with Crippen molar-refractivity contribution in [2.75, 3.05) is 6.26 Å². The first-order valence-electron chi connectivity index (χ1n) is 8.28. The van der Waals surface area contributed by atoms with E-state index in [1.165, 1.54) is 11.8 Å². The maximum Gasteiger partial charge on any atom is 0.175 e. The van der Waals surface area contributed by atoms with Gasteiger partial charge in [0, 0.05) is 17.5 Å². The summed E-state index contributed by atoms with van der Waals surface area (Å²) >= 11 is 0. The highest BCUT2D eigenvalue weighted by atomic mass is 32.2. The average molecular weight is 362 g/mol. The predicted octanol–water partition coefficient (Wildman–Crippen LogP) is 4.40. The molecule has 4 rings (SSSR count). The van der Waals surface area contributed by atoms with Gasteiger partial charge in [0.2, 0.25) is 0 Å². The Morgan fingerprint density at radius 3 is 2.15 bits per heavy atom. The summed E-state index contributed by atoms with van der Waals surface area (Å²) in [6, 6.07) is 23.1. The van der Waals surface area contributed by atoms with E-state index in [0.29, 0.717) is 4.90 Å². The van der Waals surface area contributed by atoms with Gasteiger partial charge in [-0.05, 0) is 43.3 Å². The van der Waals surface area contributed by atoms with E-state index >= 15 is 0 Å². The molecule has 0 saturated carbocycles. The Kier molecular flexibility index (Phi) is 3.89. The second-order valence-electron chi connectivity index (χ2n) is 6.39.